The van der Waals surface area contributed by atoms with Gasteiger partial charge >= 0.3 is 0 Å². The maximum atomic E-state index is 12.6. The Morgan fingerprint density at radius 3 is 2.46 bits per heavy atom. The zero-order chi connectivity index (χ0) is 19.9. The molecular formula is C23H35N3O2. The molecule has 5 heteroatoms. The molecule has 1 unspecified atom stereocenters. The maximum absolute atomic E-state index is 12.6. The molecule has 3 rings (SSSR count). The topological polar surface area (TPSA) is 52.7 Å². The van der Waals surface area contributed by atoms with Crippen LogP contribution in [0.2, 0.25) is 0 Å². The van der Waals surface area contributed by atoms with Crippen molar-refractivity contribution in [2.45, 2.75) is 46.1 Å². The fourth-order valence-electron chi connectivity index (χ4n) is 4.42. The lowest BCUT2D eigenvalue weighted by Gasteiger charge is -2.34. The highest BCUT2D eigenvalue weighted by molar-refractivity contribution is 5.80. The second-order valence-corrected chi connectivity index (χ2v) is 8.73. The summed E-state index contributed by atoms with van der Waals surface area (Å²) < 4.78 is 0. The minimum Gasteiger partial charge on any atom is -0.356 e. The highest BCUT2D eigenvalue weighted by Gasteiger charge is 2.29. The van der Waals surface area contributed by atoms with E-state index in [1.165, 1.54) is 18.4 Å². The van der Waals surface area contributed by atoms with Crippen LogP contribution in [0.4, 0.5) is 0 Å². The number of hydrogen-bond donors (Lipinski definition) is 1. The number of rotatable bonds is 6. The fourth-order valence-corrected chi connectivity index (χ4v) is 4.42. The Morgan fingerprint density at radius 2 is 1.79 bits per heavy atom. The number of carbonyl (C=O) groups is 2. The molecule has 0 saturated carbocycles. The quantitative estimate of drug-likeness (QED) is 0.819. The first-order valence-electron chi connectivity index (χ1n) is 10.9. The van der Waals surface area contributed by atoms with Gasteiger partial charge in [-0.15, -0.1) is 0 Å². The number of carbonyl (C=O) groups excluding carboxylic acids is 2. The van der Waals surface area contributed by atoms with Crippen LogP contribution in [-0.4, -0.2) is 54.3 Å². The van der Waals surface area contributed by atoms with Gasteiger partial charge in [0.25, 0.3) is 0 Å². The van der Waals surface area contributed by atoms with E-state index in [1.807, 2.05) is 18.7 Å². The minimum atomic E-state index is 0.0375. The molecule has 1 atom stereocenters. The molecule has 154 valence electrons. The van der Waals surface area contributed by atoms with Crippen molar-refractivity contribution in [3.63, 3.8) is 0 Å². The monoisotopic (exact) mass is 385 g/mol. The molecule has 2 saturated heterocycles. The predicted octanol–water partition coefficient (Wildman–Crippen LogP) is 2.91. The van der Waals surface area contributed by atoms with Gasteiger partial charge in [-0.1, -0.05) is 44.2 Å². The number of amides is 2. The van der Waals surface area contributed by atoms with Gasteiger partial charge in [0.1, 0.15) is 0 Å². The molecule has 0 radical (unpaired) electrons. The SMILES string of the molecule is CC(C)C(=O)N1CCC(C(=O)NCC2CCCN(Cc3ccccc3)C2)CC1. The largest absolute Gasteiger partial charge is 0.356 e. The van der Waals surface area contributed by atoms with Crippen LogP contribution in [-0.2, 0) is 16.1 Å². The van der Waals surface area contributed by atoms with Crippen LogP contribution in [0.1, 0.15) is 45.1 Å². The van der Waals surface area contributed by atoms with Crippen LogP contribution >= 0.6 is 0 Å². The molecule has 2 aliphatic rings. The van der Waals surface area contributed by atoms with Crippen molar-refractivity contribution in [3.05, 3.63) is 35.9 Å². The van der Waals surface area contributed by atoms with Crippen molar-refractivity contribution in [1.82, 2.24) is 15.1 Å². The van der Waals surface area contributed by atoms with E-state index in [1.54, 1.807) is 0 Å². The van der Waals surface area contributed by atoms with Gasteiger partial charge in [0.2, 0.25) is 11.8 Å². The third-order valence-electron chi connectivity index (χ3n) is 6.09. The van der Waals surface area contributed by atoms with Crippen LogP contribution in [0.5, 0.6) is 0 Å². The number of likely N-dealkylation sites (tertiary alicyclic amines) is 2. The second-order valence-electron chi connectivity index (χ2n) is 8.73. The van der Waals surface area contributed by atoms with E-state index in [0.29, 0.717) is 19.0 Å². The first-order valence-corrected chi connectivity index (χ1v) is 10.9. The maximum Gasteiger partial charge on any atom is 0.225 e. The van der Waals surface area contributed by atoms with Crippen molar-refractivity contribution < 1.29 is 9.59 Å². The summed E-state index contributed by atoms with van der Waals surface area (Å²) in [5.74, 6) is 1.01. The van der Waals surface area contributed by atoms with Crippen LogP contribution in [0.15, 0.2) is 30.3 Å². The summed E-state index contributed by atoms with van der Waals surface area (Å²) in [7, 11) is 0. The molecule has 0 aromatic heterocycles. The molecule has 0 spiro atoms. The molecule has 2 amide bonds. The van der Waals surface area contributed by atoms with Crippen LogP contribution in [0.25, 0.3) is 0 Å². The molecule has 1 aromatic rings. The molecule has 2 fully saturated rings. The number of benzene rings is 1. The molecule has 0 bridgehead atoms. The summed E-state index contributed by atoms with van der Waals surface area (Å²) >= 11 is 0. The summed E-state index contributed by atoms with van der Waals surface area (Å²) in [6.07, 6.45) is 3.96. The van der Waals surface area contributed by atoms with E-state index in [0.717, 1.165) is 39.0 Å². The number of nitrogens with one attached hydrogen (secondary N) is 1. The van der Waals surface area contributed by atoms with Gasteiger partial charge in [-0.25, -0.2) is 0 Å². The lowest BCUT2D eigenvalue weighted by molar-refractivity contribution is -0.138. The van der Waals surface area contributed by atoms with Crippen molar-refractivity contribution in [3.8, 4) is 0 Å². The normalized spacial score (nSPS) is 21.7. The van der Waals surface area contributed by atoms with E-state index >= 15 is 0 Å². The number of piperidine rings is 2. The molecule has 5 nitrogen and oxygen atoms in total. The predicted molar refractivity (Wildman–Crippen MR) is 112 cm³/mol. The Balaban J connectivity index is 1.39. The van der Waals surface area contributed by atoms with Crippen LogP contribution in [0, 0.1) is 17.8 Å². The molecule has 0 aliphatic carbocycles. The van der Waals surface area contributed by atoms with E-state index in [2.05, 4.69) is 40.5 Å². The zero-order valence-corrected chi connectivity index (χ0v) is 17.4. The Bertz CT molecular complexity index is 639. The van der Waals surface area contributed by atoms with E-state index in [9.17, 15) is 9.59 Å². The van der Waals surface area contributed by atoms with Crippen molar-refractivity contribution >= 4 is 11.8 Å². The van der Waals surface area contributed by atoms with Gasteiger partial charge in [0.05, 0.1) is 0 Å². The molecular weight excluding hydrogens is 350 g/mol. The van der Waals surface area contributed by atoms with E-state index in [-0.39, 0.29) is 23.7 Å². The molecule has 28 heavy (non-hydrogen) atoms. The molecule has 2 heterocycles. The van der Waals surface area contributed by atoms with Crippen molar-refractivity contribution in [2.75, 3.05) is 32.7 Å². The summed E-state index contributed by atoms with van der Waals surface area (Å²) in [5.41, 5.74) is 1.36. The first-order chi connectivity index (χ1) is 13.5. The van der Waals surface area contributed by atoms with Gasteiger partial charge in [0, 0.05) is 44.6 Å². The average Bonchev–Trinajstić information content (AvgIpc) is 2.72. The third-order valence-corrected chi connectivity index (χ3v) is 6.09. The number of nitrogens with zero attached hydrogens (tertiary/aromatic N) is 2. The Kier molecular flexibility index (Phi) is 7.49. The smallest absolute Gasteiger partial charge is 0.225 e. The molecule has 2 aliphatic heterocycles. The Labute approximate surface area is 169 Å². The minimum absolute atomic E-state index is 0.0375. The number of hydrogen-bond acceptors (Lipinski definition) is 3. The fraction of sp³-hybridized carbons (Fsp3) is 0.652. The second kappa shape index (κ2) is 10.1. The summed E-state index contributed by atoms with van der Waals surface area (Å²) in [5, 5.41) is 3.20. The lowest BCUT2D eigenvalue weighted by Crippen LogP contribution is -2.46. The third kappa shape index (κ3) is 5.81. The van der Waals surface area contributed by atoms with E-state index < -0.39 is 0 Å². The highest BCUT2D eigenvalue weighted by atomic mass is 16.2. The first kappa shape index (κ1) is 20.8. The van der Waals surface area contributed by atoms with Gasteiger partial charge < -0.3 is 10.2 Å². The van der Waals surface area contributed by atoms with E-state index in [4.69, 9.17) is 0 Å². The summed E-state index contributed by atoms with van der Waals surface area (Å²) in [6.45, 7) is 9.26. The van der Waals surface area contributed by atoms with Gasteiger partial charge in [-0.2, -0.15) is 0 Å². The standard InChI is InChI=1S/C23H35N3O2/c1-18(2)23(28)26-13-10-21(11-14-26)22(27)24-15-20-9-6-12-25(17-20)16-19-7-4-3-5-8-19/h3-5,7-8,18,20-21H,6,9-17H2,1-2H3,(H,24,27). The van der Waals surface area contributed by atoms with Crippen LogP contribution < -0.4 is 5.32 Å². The van der Waals surface area contributed by atoms with Gasteiger partial charge in [0.15, 0.2) is 0 Å². The Hall–Kier alpha value is -1.88. The zero-order valence-electron chi connectivity index (χ0n) is 17.4. The summed E-state index contributed by atoms with van der Waals surface area (Å²) in [4.78, 5) is 29.1. The molecule has 1 aromatic carbocycles. The molecule has 1 N–H and O–H groups in total. The van der Waals surface area contributed by atoms with Gasteiger partial charge in [-0.3, -0.25) is 14.5 Å². The lowest BCUT2D eigenvalue weighted by atomic mass is 9.94. The average molecular weight is 386 g/mol. The highest BCUT2D eigenvalue weighted by Crippen LogP contribution is 2.21. The van der Waals surface area contributed by atoms with Crippen molar-refractivity contribution in [2.24, 2.45) is 17.8 Å². The van der Waals surface area contributed by atoms with Gasteiger partial charge in [-0.05, 0) is 43.7 Å². The van der Waals surface area contributed by atoms with Crippen LogP contribution in [0.3, 0.4) is 0 Å². The van der Waals surface area contributed by atoms with Crippen molar-refractivity contribution in [1.29, 1.82) is 0 Å². The Morgan fingerprint density at radius 1 is 1.07 bits per heavy atom. The summed E-state index contributed by atoms with van der Waals surface area (Å²) in [6, 6.07) is 10.6.